The van der Waals surface area contributed by atoms with Crippen molar-refractivity contribution in [1.82, 2.24) is 9.78 Å². The molecule has 0 fully saturated rings. The number of nitrogen functional groups attached to an aromatic ring is 1. The Bertz CT molecular complexity index is 814. The molecule has 0 aliphatic rings. The first kappa shape index (κ1) is 11.8. The number of anilines is 1. The van der Waals surface area contributed by atoms with Crippen molar-refractivity contribution >= 4 is 32.5 Å². The van der Waals surface area contributed by atoms with Crippen molar-refractivity contribution < 1.29 is 0 Å². The van der Waals surface area contributed by atoms with E-state index in [0.717, 1.165) is 21.1 Å². The van der Waals surface area contributed by atoms with Crippen LogP contribution in [0.4, 0.5) is 5.69 Å². The number of fused-ring (bicyclic) bond motifs is 1. The molecule has 92 valence electrons. The van der Waals surface area contributed by atoms with E-state index < -0.39 is 0 Å². The summed E-state index contributed by atoms with van der Waals surface area (Å²) in [7, 11) is 0. The second-order valence-electron chi connectivity index (χ2n) is 4.15. The van der Waals surface area contributed by atoms with Gasteiger partial charge in [-0.3, -0.25) is 0 Å². The summed E-state index contributed by atoms with van der Waals surface area (Å²) >= 11 is 3.38. The zero-order valence-corrected chi connectivity index (χ0v) is 11.4. The molecule has 0 spiro atoms. The lowest BCUT2D eigenvalue weighted by atomic mass is 10.2. The van der Waals surface area contributed by atoms with Gasteiger partial charge in [0.1, 0.15) is 6.07 Å². The van der Waals surface area contributed by atoms with E-state index in [4.69, 9.17) is 11.0 Å². The molecule has 2 aromatic carbocycles. The summed E-state index contributed by atoms with van der Waals surface area (Å²) in [6.45, 7) is 0. The van der Waals surface area contributed by atoms with Crippen molar-refractivity contribution in [3.8, 4) is 11.8 Å². The van der Waals surface area contributed by atoms with Gasteiger partial charge in [-0.25, -0.2) is 4.68 Å². The fourth-order valence-corrected chi connectivity index (χ4v) is 2.42. The summed E-state index contributed by atoms with van der Waals surface area (Å²) in [5.41, 5.74) is 8.93. The molecule has 1 heterocycles. The summed E-state index contributed by atoms with van der Waals surface area (Å²) in [5.74, 6) is 0. The van der Waals surface area contributed by atoms with Crippen LogP contribution in [0, 0.1) is 11.3 Å². The Kier molecular flexibility index (Phi) is 2.73. The third-order valence-corrected chi connectivity index (χ3v) is 3.57. The number of nitrogens with two attached hydrogens (primary N) is 1. The minimum Gasteiger partial charge on any atom is -0.399 e. The van der Waals surface area contributed by atoms with E-state index in [2.05, 4.69) is 27.1 Å². The lowest BCUT2D eigenvalue weighted by Crippen LogP contribution is -1.97. The van der Waals surface area contributed by atoms with Crippen LogP contribution < -0.4 is 5.73 Å². The maximum Gasteiger partial charge on any atom is 0.100 e. The topological polar surface area (TPSA) is 67.6 Å². The van der Waals surface area contributed by atoms with Crippen molar-refractivity contribution in [1.29, 1.82) is 5.26 Å². The highest BCUT2D eigenvalue weighted by Gasteiger charge is 2.07. The van der Waals surface area contributed by atoms with Gasteiger partial charge < -0.3 is 5.73 Å². The first-order chi connectivity index (χ1) is 9.19. The molecular weight excluding hydrogens is 304 g/mol. The van der Waals surface area contributed by atoms with Crippen LogP contribution in [-0.2, 0) is 0 Å². The number of halogens is 1. The molecular formula is C14H9BrN4. The highest BCUT2D eigenvalue weighted by molar-refractivity contribution is 9.10. The third kappa shape index (κ3) is 1.96. The highest BCUT2D eigenvalue weighted by atomic mass is 79.9. The summed E-state index contributed by atoms with van der Waals surface area (Å²) < 4.78 is 2.55. The number of nitrogens with zero attached hydrogens (tertiary/aromatic N) is 3. The van der Waals surface area contributed by atoms with Gasteiger partial charge in [-0.05, 0) is 52.3 Å². The predicted molar refractivity (Wildman–Crippen MR) is 77.9 cm³/mol. The number of aromatic nitrogens is 2. The van der Waals surface area contributed by atoms with Gasteiger partial charge in [-0.15, -0.1) is 0 Å². The lowest BCUT2D eigenvalue weighted by Gasteiger charge is -2.05. The number of rotatable bonds is 1. The normalized spacial score (nSPS) is 10.5. The fourth-order valence-electron chi connectivity index (χ4n) is 1.97. The molecule has 0 unspecified atom stereocenters. The molecule has 0 radical (unpaired) electrons. The quantitative estimate of drug-likeness (QED) is 0.701. The Morgan fingerprint density at radius 1 is 1.21 bits per heavy atom. The molecule has 0 aliphatic carbocycles. The first-order valence-electron chi connectivity index (χ1n) is 5.62. The van der Waals surface area contributed by atoms with Crippen molar-refractivity contribution in [2.45, 2.75) is 0 Å². The van der Waals surface area contributed by atoms with Crippen LogP contribution in [0.2, 0.25) is 0 Å². The van der Waals surface area contributed by atoms with E-state index in [1.54, 1.807) is 16.9 Å². The van der Waals surface area contributed by atoms with Gasteiger partial charge in [0, 0.05) is 15.5 Å². The van der Waals surface area contributed by atoms with Gasteiger partial charge in [0.25, 0.3) is 0 Å². The number of hydrogen-bond acceptors (Lipinski definition) is 3. The summed E-state index contributed by atoms with van der Waals surface area (Å²) in [6.07, 6.45) is 1.79. The Balaban J connectivity index is 2.22. The van der Waals surface area contributed by atoms with E-state index in [1.807, 2.05) is 30.3 Å². The monoisotopic (exact) mass is 312 g/mol. The van der Waals surface area contributed by atoms with E-state index in [-0.39, 0.29) is 0 Å². The predicted octanol–water partition coefficient (Wildman–Crippen LogP) is 3.24. The van der Waals surface area contributed by atoms with E-state index in [1.165, 1.54) is 0 Å². The molecule has 4 nitrogen and oxygen atoms in total. The van der Waals surface area contributed by atoms with Gasteiger partial charge in [0.15, 0.2) is 0 Å². The number of nitriles is 1. The molecule has 0 amide bonds. The molecule has 19 heavy (non-hydrogen) atoms. The Morgan fingerprint density at radius 3 is 2.79 bits per heavy atom. The molecule has 2 N–H and O–H groups in total. The standard InChI is InChI=1S/C14H9BrN4/c15-13-6-12(4-2-9(13)7-16)19-14-5-11(17)3-1-10(14)8-18-19/h1-6,8H,17H2. The van der Waals surface area contributed by atoms with Crippen LogP contribution in [0.15, 0.2) is 47.1 Å². The van der Waals surface area contributed by atoms with Crippen molar-refractivity contribution in [2.75, 3.05) is 5.73 Å². The zero-order valence-electron chi connectivity index (χ0n) is 9.84. The molecule has 0 saturated carbocycles. The Labute approximate surface area is 118 Å². The Hall–Kier alpha value is -2.32. The molecule has 3 rings (SSSR count). The van der Waals surface area contributed by atoms with Gasteiger partial charge >= 0.3 is 0 Å². The van der Waals surface area contributed by atoms with Crippen LogP contribution in [0.25, 0.3) is 16.6 Å². The molecule has 0 bridgehead atoms. The summed E-state index contributed by atoms with van der Waals surface area (Å²) in [6, 6.07) is 13.3. The largest absolute Gasteiger partial charge is 0.399 e. The fraction of sp³-hybridized carbons (Fsp3) is 0. The van der Waals surface area contributed by atoms with Gasteiger partial charge in [-0.1, -0.05) is 0 Å². The van der Waals surface area contributed by atoms with Gasteiger partial charge in [0.05, 0.1) is 23.0 Å². The van der Waals surface area contributed by atoms with Crippen LogP contribution in [0.1, 0.15) is 5.56 Å². The van der Waals surface area contributed by atoms with Crippen LogP contribution in [0.5, 0.6) is 0 Å². The molecule has 3 aromatic rings. The zero-order chi connectivity index (χ0) is 13.4. The molecule has 0 aliphatic heterocycles. The molecule has 1 aromatic heterocycles. The second-order valence-corrected chi connectivity index (χ2v) is 5.00. The van der Waals surface area contributed by atoms with E-state index in [9.17, 15) is 0 Å². The average molecular weight is 313 g/mol. The third-order valence-electron chi connectivity index (χ3n) is 2.91. The molecule has 0 atom stereocenters. The highest BCUT2D eigenvalue weighted by Crippen LogP contribution is 2.24. The van der Waals surface area contributed by atoms with Crippen molar-refractivity contribution in [2.24, 2.45) is 0 Å². The molecule has 0 saturated heterocycles. The van der Waals surface area contributed by atoms with Crippen molar-refractivity contribution in [3.63, 3.8) is 0 Å². The van der Waals surface area contributed by atoms with Crippen LogP contribution >= 0.6 is 15.9 Å². The van der Waals surface area contributed by atoms with Gasteiger partial charge in [0.2, 0.25) is 0 Å². The SMILES string of the molecule is N#Cc1ccc(-n2ncc3ccc(N)cc32)cc1Br. The summed E-state index contributed by atoms with van der Waals surface area (Å²) in [5, 5.41) is 14.3. The van der Waals surface area contributed by atoms with Crippen LogP contribution in [0.3, 0.4) is 0 Å². The summed E-state index contributed by atoms with van der Waals surface area (Å²) in [4.78, 5) is 0. The smallest absolute Gasteiger partial charge is 0.100 e. The maximum atomic E-state index is 8.93. The first-order valence-corrected chi connectivity index (χ1v) is 6.41. The van der Waals surface area contributed by atoms with Crippen molar-refractivity contribution in [3.05, 3.63) is 52.6 Å². The van der Waals surface area contributed by atoms with E-state index >= 15 is 0 Å². The maximum absolute atomic E-state index is 8.93. The lowest BCUT2D eigenvalue weighted by molar-refractivity contribution is 0.910. The number of benzene rings is 2. The Morgan fingerprint density at radius 2 is 2.05 bits per heavy atom. The molecule has 5 heteroatoms. The second kappa shape index (κ2) is 4.41. The van der Waals surface area contributed by atoms with Crippen LogP contribution in [-0.4, -0.2) is 9.78 Å². The van der Waals surface area contributed by atoms with Gasteiger partial charge in [-0.2, -0.15) is 10.4 Å². The number of hydrogen-bond donors (Lipinski definition) is 1. The van der Waals surface area contributed by atoms with E-state index in [0.29, 0.717) is 11.3 Å². The minimum atomic E-state index is 0.597. The minimum absolute atomic E-state index is 0.597. The average Bonchev–Trinajstić information content (AvgIpc) is 2.81.